The molecule has 5 heterocycles. The number of hydrogen-bond acceptors (Lipinski definition) is 9. The molecule has 2 N–H and O–H groups in total. The monoisotopic (exact) mass is 598 g/mol. The fourth-order valence-electron chi connectivity index (χ4n) is 5.74. The van der Waals surface area contributed by atoms with E-state index in [9.17, 15) is 4.79 Å². The third-order valence-electron chi connectivity index (χ3n) is 8.22. The minimum Gasteiger partial charge on any atom is -0.382 e. The van der Waals surface area contributed by atoms with Gasteiger partial charge in [-0.2, -0.15) is 10.1 Å². The van der Waals surface area contributed by atoms with E-state index in [0.717, 1.165) is 42.9 Å². The van der Waals surface area contributed by atoms with Crippen LogP contribution in [-0.2, 0) is 7.05 Å². The number of benzene rings is 2. The number of likely N-dealkylation sites (tertiary alicyclic amines) is 1. The summed E-state index contributed by atoms with van der Waals surface area (Å²) in [6.07, 6.45) is 9.29. The maximum atomic E-state index is 14.2. The zero-order valence-electron chi connectivity index (χ0n) is 25.5. The van der Waals surface area contributed by atoms with Crippen molar-refractivity contribution in [2.75, 3.05) is 30.8 Å². The number of aromatic nitrogens is 7. The molecular weight excluding hydrogens is 564 g/mol. The fourth-order valence-corrected chi connectivity index (χ4v) is 5.74. The summed E-state index contributed by atoms with van der Waals surface area (Å²) in [7, 11) is 4.02. The molecule has 0 bridgehead atoms. The van der Waals surface area contributed by atoms with E-state index in [1.165, 1.54) is 0 Å². The van der Waals surface area contributed by atoms with Crippen molar-refractivity contribution in [2.24, 2.45) is 7.05 Å². The molecule has 11 nitrogen and oxygen atoms in total. The maximum Gasteiger partial charge on any atom is 0.264 e. The minimum atomic E-state index is -0.219. The van der Waals surface area contributed by atoms with Crippen molar-refractivity contribution in [2.45, 2.75) is 25.8 Å². The van der Waals surface area contributed by atoms with Crippen molar-refractivity contribution in [1.82, 2.24) is 39.2 Å². The summed E-state index contributed by atoms with van der Waals surface area (Å²) in [4.78, 5) is 35.2. The lowest BCUT2D eigenvalue weighted by Gasteiger charge is -2.30. The smallest absolute Gasteiger partial charge is 0.264 e. The molecule has 0 aliphatic carbocycles. The summed E-state index contributed by atoms with van der Waals surface area (Å²) in [5, 5.41) is 11.9. The molecule has 0 radical (unpaired) electrons. The van der Waals surface area contributed by atoms with Crippen LogP contribution in [0.1, 0.15) is 18.5 Å². The highest BCUT2D eigenvalue weighted by Crippen LogP contribution is 2.27. The molecule has 2 aromatic carbocycles. The van der Waals surface area contributed by atoms with Crippen LogP contribution >= 0.6 is 0 Å². The number of para-hydroxylation sites is 1. The van der Waals surface area contributed by atoms with Crippen LogP contribution in [-0.4, -0.2) is 65.4 Å². The normalized spacial score (nSPS) is 14.1. The lowest BCUT2D eigenvalue weighted by atomic mass is 10.1. The predicted octanol–water partition coefficient (Wildman–Crippen LogP) is 5.20. The molecule has 4 aromatic heterocycles. The molecule has 1 fully saturated rings. The van der Waals surface area contributed by atoms with Gasteiger partial charge in [-0.15, -0.1) is 0 Å². The Morgan fingerprint density at radius 2 is 1.60 bits per heavy atom. The molecule has 0 spiro atoms. The van der Waals surface area contributed by atoms with Gasteiger partial charge in [0.2, 0.25) is 5.95 Å². The summed E-state index contributed by atoms with van der Waals surface area (Å²) in [5.74, 6) is 0.953. The van der Waals surface area contributed by atoms with Crippen molar-refractivity contribution in [3.63, 3.8) is 0 Å². The van der Waals surface area contributed by atoms with Crippen molar-refractivity contribution in [1.29, 1.82) is 0 Å². The Morgan fingerprint density at radius 3 is 2.31 bits per heavy atom. The zero-order chi connectivity index (χ0) is 30.9. The first kappa shape index (κ1) is 28.4. The third kappa shape index (κ3) is 5.89. The highest BCUT2D eigenvalue weighted by molar-refractivity contribution is 5.84. The first-order valence-electron chi connectivity index (χ1n) is 15.0. The van der Waals surface area contributed by atoms with Gasteiger partial charge in [-0.1, -0.05) is 18.2 Å². The van der Waals surface area contributed by atoms with Crippen LogP contribution in [0.3, 0.4) is 0 Å². The van der Waals surface area contributed by atoms with Gasteiger partial charge in [-0.05, 0) is 82.4 Å². The van der Waals surface area contributed by atoms with E-state index < -0.39 is 0 Å². The lowest BCUT2D eigenvalue weighted by molar-refractivity contribution is 0.264. The molecule has 1 aliphatic heterocycles. The average Bonchev–Trinajstić information content (AvgIpc) is 3.49. The summed E-state index contributed by atoms with van der Waals surface area (Å²) in [6, 6.07) is 20.0. The number of nitrogens with one attached hydrogen (secondary N) is 2. The van der Waals surface area contributed by atoms with Gasteiger partial charge in [0, 0.05) is 59.7 Å². The molecule has 6 aromatic rings. The van der Waals surface area contributed by atoms with Crippen LogP contribution in [0.4, 0.5) is 17.3 Å². The van der Waals surface area contributed by atoms with Crippen LogP contribution in [0.25, 0.3) is 39.2 Å². The Hall–Kier alpha value is -5.42. The zero-order valence-corrected chi connectivity index (χ0v) is 25.5. The van der Waals surface area contributed by atoms with Crippen LogP contribution in [0.5, 0.6) is 0 Å². The van der Waals surface area contributed by atoms with Gasteiger partial charge in [0.25, 0.3) is 5.56 Å². The van der Waals surface area contributed by atoms with E-state index >= 15 is 0 Å². The second-order valence-corrected chi connectivity index (χ2v) is 11.5. The first-order valence-corrected chi connectivity index (χ1v) is 15.0. The number of aryl methyl sites for hydroxylation is 2. The van der Waals surface area contributed by atoms with E-state index in [1.54, 1.807) is 27.8 Å². The Balaban J connectivity index is 1.22. The second kappa shape index (κ2) is 11.9. The number of rotatable bonds is 7. The summed E-state index contributed by atoms with van der Waals surface area (Å²) < 4.78 is 3.33. The molecule has 11 heteroatoms. The van der Waals surface area contributed by atoms with E-state index in [1.807, 2.05) is 68.7 Å². The van der Waals surface area contributed by atoms with Crippen molar-refractivity contribution in [3.8, 4) is 28.2 Å². The highest BCUT2D eigenvalue weighted by atomic mass is 16.1. The Kier molecular flexibility index (Phi) is 7.52. The number of pyridine rings is 1. The number of piperidine rings is 1. The molecule has 45 heavy (non-hydrogen) atoms. The molecule has 226 valence electrons. The lowest BCUT2D eigenvalue weighted by Crippen LogP contribution is -2.36. The summed E-state index contributed by atoms with van der Waals surface area (Å²) in [5.41, 5.74) is 5.55. The molecule has 7 rings (SSSR count). The van der Waals surface area contributed by atoms with Gasteiger partial charge in [0.1, 0.15) is 0 Å². The van der Waals surface area contributed by atoms with Crippen LogP contribution in [0.15, 0.2) is 90.2 Å². The van der Waals surface area contributed by atoms with Gasteiger partial charge < -0.3 is 15.5 Å². The topological polar surface area (TPSA) is 119 Å². The quantitative estimate of drug-likeness (QED) is 0.256. The minimum absolute atomic E-state index is 0.219. The van der Waals surface area contributed by atoms with E-state index in [2.05, 4.69) is 49.8 Å². The molecule has 0 saturated carbocycles. The average molecular weight is 599 g/mol. The van der Waals surface area contributed by atoms with E-state index in [4.69, 9.17) is 9.97 Å². The van der Waals surface area contributed by atoms with Gasteiger partial charge in [-0.25, -0.2) is 15.0 Å². The summed E-state index contributed by atoms with van der Waals surface area (Å²) >= 11 is 0. The van der Waals surface area contributed by atoms with Gasteiger partial charge >= 0.3 is 0 Å². The van der Waals surface area contributed by atoms with Crippen molar-refractivity contribution >= 4 is 28.4 Å². The molecule has 0 amide bonds. The Morgan fingerprint density at radius 1 is 0.844 bits per heavy atom. The van der Waals surface area contributed by atoms with Crippen molar-refractivity contribution in [3.05, 3.63) is 101 Å². The maximum absolute atomic E-state index is 14.2. The standard InChI is InChI=1S/C34H34N10O/c1-22-30(20-35-31(38-22)24-19-37-43(3)21-24)29-17-23-18-36-34(41-32(23)44(33(29)45)28-7-5-4-6-8-28)40-26-11-9-25(10-12-26)39-27-13-15-42(2)16-14-27/h4-12,17-21,27,39H,13-16H2,1-3H3,(H,36,40,41). The highest BCUT2D eigenvalue weighted by Gasteiger charge is 2.19. The van der Waals surface area contributed by atoms with Crippen LogP contribution in [0.2, 0.25) is 0 Å². The van der Waals surface area contributed by atoms with Gasteiger partial charge in [0.05, 0.1) is 23.0 Å². The predicted molar refractivity (Wildman–Crippen MR) is 177 cm³/mol. The van der Waals surface area contributed by atoms with E-state index in [0.29, 0.717) is 51.4 Å². The SMILES string of the molecule is Cc1nc(-c2cnn(C)c2)ncc1-c1cc2cnc(Nc3ccc(NC4CCN(C)CC4)cc3)nc2n(-c2ccccc2)c1=O. The number of nitrogens with zero attached hydrogens (tertiary/aromatic N) is 8. The van der Waals surface area contributed by atoms with E-state index in [-0.39, 0.29) is 5.56 Å². The van der Waals surface area contributed by atoms with Crippen LogP contribution < -0.4 is 16.2 Å². The first-order chi connectivity index (χ1) is 21.9. The molecule has 0 atom stereocenters. The molecule has 1 aliphatic rings. The van der Waals surface area contributed by atoms with Gasteiger partial charge in [-0.3, -0.25) is 14.0 Å². The second-order valence-electron chi connectivity index (χ2n) is 11.5. The summed E-state index contributed by atoms with van der Waals surface area (Å²) in [6.45, 7) is 4.10. The molecular formula is C34H34N10O. The van der Waals surface area contributed by atoms with Gasteiger partial charge in [0.15, 0.2) is 11.5 Å². The number of fused-ring (bicyclic) bond motifs is 1. The largest absolute Gasteiger partial charge is 0.382 e. The number of hydrogen-bond donors (Lipinski definition) is 2. The van der Waals surface area contributed by atoms with Crippen LogP contribution in [0, 0.1) is 6.92 Å². The third-order valence-corrected chi connectivity index (χ3v) is 8.22. The Bertz CT molecular complexity index is 2030. The fraction of sp³-hybridized carbons (Fsp3) is 0.235. The molecule has 1 saturated heterocycles. The Labute approximate surface area is 260 Å². The number of anilines is 3. The van der Waals surface area contributed by atoms with Crippen molar-refractivity contribution < 1.29 is 0 Å². The molecule has 0 unspecified atom stereocenters.